The van der Waals surface area contributed by atoms with Gasteiger partial charge in [-0.1, -0.05) is 6.08 Å². The minimum atomic E-state index is -0.506. The van der Waals surface area contributed by atoms with Crippen molar-refractivity contribution in [3.8, 4) is 0 Å². The number of nitro groups is 1. The lowest BCUT2D eigenvalue weighted by Gasteiger charge is -2.29. The van der Waals surface area contributed by atoms with Crippen LogP contribution in [0.4, 0.5) is 16.2 Å². The molecule has 0 fully saturated rings. The van der Waals surface area contributed by atoms with Gasteiger partial charge in [0.05, 0.1) is 4.92 Å². The summed E-state index contributed by atoms with van der Waals surface area (Å²) in [4.78, 5) is 26.6. The minimum Gasteiger partial charge on any atom is -0.444 e. The van der Waals surface area contributed by atoms with E-state index in [1.165, 1.54) is 0 Å². The number of nitrogens with two attached hydrogens (primary N) is 1. The zero-order chi connectivity index (χ0) is 21.1. The molecular formula is C20H30N4O4. The van der Waals surface area contributed by atoms with Gasteiger partial charge in [0.2, 0.25) is 0 Å². The van der Waals surface area contributed by atoms with E-state index in [-0.39, 0.29) is 17.5 Å². The largest absolute Gasteiger partial charge is 0.444 e. The van der Waals surface area contributed by atoms with Gasteiger partial charge in [0, 0.05) is 39.3 Å². The molecule has 0 bridgehead atoms. The van der Waals surface area contributed by atoms with Gasteiger partial charge in [-0.15, -0.1) is 0 Å². The summed E-state index contributed by atoms with van der Waals surface area (Å²) < 4.78 is 5.36. The van der Waals surface area contributed by atoms with E-state index in [9.17, 15) is 14.9 Å². The molecule has 0 unspecified atom stereocenters. The van der Waals surface area contributed by atoms with Crippen LogP contribution in [0.1, 0.15) is 38.3 Å². The Hall–Kier alpha value is -2.61. The number of carbonyl (C=O) groups is 1. The predicted octanol–water partition coefficient (Wildman–Crippen LogP) is 3.44. The van der Waals surface area contributed by atoms with E-state index in [0.717, 1.165) is 37.2 Å². The average molecular weight is 390 g/mol. The Balaban J connectivity index is 1.96. The maximum Gasteiger partial charge on any atom is 0.410 e. The summed E-state index contributed by atoms with van der Waals surface area (Å²) in [6.45, 7) is 10.2. The highest BCUT2D eigenvalue weighted by Gasteiger charge is 2.22. The third-order valence-corrected chi connectivity index (χ3v) is 4.68. The van der Waals surface area contributed by atoms with Crippen LogP contribution in [0.15, 0.2) is 18.2 Å². The monoisotopic (exact) mass is 390 g/mol. The van der Waals surface area contributed by atoms with Crippen molar-refractivity contribution in [2.75, 3.05) is 39.0 Å². The molecular weight excluding hydrogens is 360 g/mol. The Morgan fingerprint density at radius 1 is 1.39 bits per heavy atom. The van der Waals surface area contributed by atoms with Crippen LogP contribution < -0.4 is 5.73 Å². The molecule has 1 aromatic carbocycles. The second-order valence-electron chi connectivity index (χ2n) is 8.16. The predicted molar refractivity (Wildman–Crippen MR) is 110 cm³/mol. The number of likely N-dealkylation sites (N-methyl/N-ethyl adjacent to an activating group) is 1. The van der Waals surface area contributed by atoms with Crippen LogP contribution >= 0.6 is 0 Å². The van der Waals surface area contributed by atoms with Gasteiger partial charge in [0.15, 0.2) is 0 Å². The molecule has 8 heteroatoms. The fraction of sp³-hybridized carbons (Fsp3) is 0.550. The highest BCUT2D eigenvalue weighted by Crippen LogP contribution is 2.32. The number of hydrogen-bond donors (Lipinski definition) is 1. The number of hydrogen-bond acceptors (Lipinski definition) is 6. The molecule has 1 aliphatic heterocycles. The molecule has 0 saturated carbocycles. The molecule has 0 saturated heterocycles. The molecule has 0 atom stereocenters. The first-order valence-corrected chi connectivity index (χ1v) is 9.38. The van der Waals surface area contributed by atoms with E-state index in [1.807, 2.05) is 26.8 Å². The molecule has 0 radical (unpaired) electrons. The normalized spacial score (nSPS) is 15.1. The van der Waals surface area contributed by atoms with Crippen molar-refractivity contribution >= 4 is 23.0 Å². The summed E-state index contributed by atoms with van der Waals surface area (Å²) >= 11 is 0. The van der Waals surface area contributed by atoms with Crippen molar-refractivity contribution < 1.29 is 14.5 Å². The summed E-state index contributed by atoms with van der Waals surface area (Å²) in [6.07, 6.45) is 2.55. The van der Waals surface area contributed by atoms with Crippen LogP contribution in [0, 0.1) is 17.0 Å². The summed E-state index contributed by atoms with van der Waals surface area (Å²) in [7, 11) is 1.73. The topological polar surface area (TPSA) is 102 Å². The van der Waals surface area contributed by atoms with Gasteiger partial charge >= 0.3 is 6.09 Å². The molecule has 2 N–H and O–H groups in total. The van der Waals surface area contributed by atoms with Gasteiger partial charge in [-0.3, -0.25) is 15.0 Å². The number of anilines is 1. The molecule has 28 heavy (non-hydrogen) atoms. The maximum absolute atomic E-state index is 12.0. The number of benzene rings is 1. The van der Waals surface area contributed by atoms with Crippen molar-refractivity contribution in [2.24, 2.45) is 0 Å². The third-order valence-electron chi connectivity index (χ3n) is 4.68. The molecule has 154 valence electrons. The van der Waals surface area contributed by atoms with E-state index in [4.69, 9.17) is 10.5 Å². The zero-order valence-corrected chi connectivity index (χ0v) is 17.3. The van der Waals surface area contributed by atoms with Crippen molar-refractivity contribution in [2.45, 2.75) is 39.7 Å². The fourth-order valence-corrected chi connectivity index (χ4v) is 3.02. The first-order valence-electron chi connectivity index (χ1n) is 9.38. The molecule has 1 aromatic rings. The third kappa shape index (κ3) is 5.69. The highest BCUT2D eigenvalue weighted by atomic mass is 16.6. The molecule has 1 amide bonds. The number of nitrogen functional groups attached to an aromatic ring is 1. The Morgan fingerprint density at radius 2 is 2.07 bits per heavy atom. The van der Waals surface area contributed by atoms with Crippen LogP contribution in [0.25, 0.3) is 5.57 Å². The number of amides is 1. The van der Waals surface area contributed by atoms with Crippen molar-refractivity contribution in [1.82, 2.24) is 9.80 Å². The zero-order valence-electron chi connectivity index (χ0n) is 17.3. The molecule has 1 heterocycles. The van der Waals surface area contributed by atoms with Crippen LogP contribution in [-0.2, 0) is 4.74 Å². The lowest BCUT2D eigenvalue weighted by Crippen LogP contribution is -2.40. The maximum atomic E-state index is 12.0. The molecule has 2 rings (SSSR count). The lowest BCUT2D eigenvalue weighted by molar-refractivity contribution is -0.383. The van der Waals surface area contributed by atoms with Crippen molar-refractivity contribution in [3.63, 3.8) is 0 Å². The number of aryl methyl sites for hydroxylation is 1. The molecule has 0 aromatic heterocycles. The van der Waals surface area contributed by atoms with Gasteiger partial charge in [0.1, 0.15) is 11.3 Å². The van der Waals surface area contributed by atoms with E-state index >= 15 is 0 Å². The lowest BCUT2D eigenvalue weighted by atomic mass is 9.96. The van der Waals surface area contributed by atoms with Gasteiger partial charge < -0.3 is 15.4 Å². The van der Waals surface area contributed by atoms with E-state index in [2.05, 4.69) is 11.0 Å². The van der Waals surface area contributed by atoms with Gasteiger partial charge in [-0.2, -0.15) is 0 Å². The van der Waals surface area contributed by atoms with Crippen molar-refractivity contribution in [3.05, 3.63) is 39.4 Å². The molecule has 8 nitrogen and oxygen atoms in total. The average Bonchev–Trinajstić information content (AvgIpc) is 2.60. The van der Waals surface area contributed by atoms with Crippen molar-refractivity contribution in [1.29, 1.82) is 0 Å². The number of carbonyl (C=O) groups excluding carboxylic acids is 1. The smallest absolute Gasteiger partial charge is 0.410 e. The van der Waals surface area contributed by atoms with Crippen LogP contribution in [0.3, 0.4) is 0 Å². The van der Waals surface area contributed by atoms with E-state index in [1.54, 1.807) is 24.9 Å². The Morgan fingerprint density at radius 3 is 2.61 bits per heavy atom. The standard InChI is InChI=1S/C20H30N4O4/c1-14-12-16(13-17(18(14)21)24(26)27)15-6-8-23(9-7-15)11-10-22(5)19(25)28-20(2,3)4/h6,12-13H,7-11,21H2,1-5H3. The quantitative estimate of drug-likeness (QED) is 0.469. The molecule has 0 spiro atoms. The van der Waals surface area contributed by atoms with Gasteiger partial charge in [0.25, 0.3) is 5.69 Å². The molecule has 1 aliphatic rings. The van der Waals surface area contributed by atoms with Crippen LogP contribution in [-0.4, -0.2) is 59.6 Å². The van der Waals surface area contributed by atoms with E-state index < -0.39 is 10.5 Å². The van der Waals surface area contributed by atoms with E-state index in [0.29, 0.717) is 12.1 Å². The second kappa shape index (κ2) is 8.60. The SMILES string of the molecule is Cc1cc(C2=CCN(CCN(C)C(=O)OC(C)(C)C)CC2)cc([N+](=O)[O-])c1N. The van der Waals surface area contributed by atoms with Gasteiger partial charge in [-0.05, 0) is 56.9 Å². The summed E-state index contributed by atoms with van der Waals surface area (Å²) in [5.41, 5.74) is 8.14. The van der Waals surface area contributed by atoms with Crippen LogP contribution in [0.5, 0.6) is 0 Å². The first-order chi connectivity index (χ1) is 13.0. The number of ether oxygens (including phenoxy) is 1. The highest BCUT2D eigenvalue weighted by molar-refractivity contribution is 5.75. The minimum absolute atomic E-state index is 0.0442. The van der Waals surface area contributed by atoms with Crippen LogP contribution in [0.2, 0.25) is 0 Å². The number of nitrogens with zero attached hydrogens (tertiary/aromatic N) is 3. The Bertz CT molecular complexity index is 783. The fourth-order valence-electron chi connectivity index (χ4n) is 3.02. The number of nitro benzene ring substituents is 1. The Labute approximate surface area is 166 Å². The first kappa shape index (κ1) is 21.7. The molecule has 0 aliphatic carbocycles. The number of rotatable bonds is 5. The summed E-state index contributed by atoms with van der Waals surface area (Å²) in [5.74, 6) is 0. The second-order valence-corrected chi connectivity index (χ2v) is 8.16. The Kier molecular flexibility index (Phi) is 6.66. The summed E-state index contributed by atoms with van der Waals surface area (Å²) in [5, 5.41) is 11.2. The summed E-state index contributed by atoms with van der Waals surface area (Å²) in [6, 6.07) is 3.46. The van der Waals surface area contributed by atoms with Gasteiger partial charge in [-0.25, -0.2) is 4.79 Å².